The molecule has 0 radical (unpaired) electrons. The molecule has 2 aromatic carbocycles. The van der Waals surface area contributed by atoms with Crippen LogP contribution in [0.1, 0.15) is 5.56 Å². The van der Waals surface area contributed by atoms with Crippen molar-refractivity contribution in [2.45, 2.75) is 0 Å². The molecular weight excluding hydrogens is 241 g/mol. The minimum Gasteiger partial charge on any atom is -0.506 e. The molecule has 0 aliphatic heterocycles. The highest BCUT2D eigenvalue weighted by molar-refractivity contribution is 6.30. The van der Waals surface area contributed by atoms with E-state index in [0.29, 0.717) is 16.3 Å². The summed E-state index contributed by atoms with van der Waals surface area (Å²) in [6, 6.07) is 10.8. The number of rotatable bonds is 2. The lowest BCUT2D eigenvalue weighted by Gasteiger charge is -1.99. The van der Waals surface area contributed by atoms with E-state index in [1.807, 2.05) is 0 Å². The molecule has 0 amide bonds. The Balaban J connectivity index is 2.32. The van der Waals surface area contributed by atoms with Crippen molar-refractivity contribution in [1.29, 1.82) is 0 Å². The average Bonchev–Trinajstić information content (AvgIpc) is 2.32. The number of hydrogen-bond acceptors (Lipinski definition) is 2. The first kappa shape index (κ1) is 11.6. The van der Waals surface area contributed by atoms with Gasteiger partial charge in [0.2, 0.25) is 0 Å². The molecule has 0 aliphatic rings. The van der Waals surface area contributed by atoms with Crippen molar-refractivity contribution in [3.05, 3.63) is 58.9 Å². The van der Waals surface area contributed by atoms with Gasteiger partial charge in [-0.1, -0.05) is 29.8 Å². The number of halogens is 2. The van der Waals surface area contributed by atoms with Crippen LogP contribution in [-0.2, 0) is 0 Å². The number of aliphatic imine (C=N–C) groups is 1. The largest absolute Gasteiger partial charge is 0.506 e. The van der Waals surface area contributed by atoms with Crippen molar-refractivity contribution in [3.8, 4) is 5.75 Å². The lowest BCUT2D eigenvalue weighted by Crippen LogP contribution is -1.86. The quantitative estimate of drug-likeness (QED) is 0.804. The summed E-state index contributed by atoms with van der Waals surface area (Å²) in [6.07, 6.45) is 1.35. The molecule has 0 atom stereocenters. The molecule has 17 heavy (non-hydrogen) atoms. The Labute approximate surface area is 103 Å². The Kier molecular flexibility index (Phi) is 3.40. The SMILES string of the molecule is Oc1ccc(Cl)cc1N=Cc1ccccc1F. The number of phenolic OH excluding ortho intramolecular Hbond substituents is 1. The fourth-order valence-electron chi connectivity index (χ4n) is 1.32. The predicted octanol–water partition coefficient (Wildman–Crippen LogP) is 3.94. The summed E-state index contributed by atoms with van der Waals surface area (Å²) in [5, 5.41) is 9.98. The van der Waals surface area contributed by atoms with Crippen LogP contribution < -0.4 is 0 Å². The van der Waals surface area contributed by atoms with Crippen molar-refractivity contribution in [3.63, 3.8) is 0 Å². The van der Waals surface area contributed by atoms with Gasteiger partial charge in [-0.25, -0.2) is 4.39 Å². The Morgan fingerprint density at radius 1 is 1.18 bits per heavy atom. The molecule has 0 unspecified atom stereocenters. The van der Waals surface area contributed by atoms with Crippen LogP contribution in [0.2, 0.25) is 5.02 Å². The molecular formula is C13H9ClFNO. The topological polar surface area (TPSA) is 32.6 Å². The second-order valence-electron chi connectivity index (χ2n) is 3.41. The number of aromatic hydroxyl groups is 1. The lowest BCUT2D eigenvalue weighted by molar-refractivity contribution is 0.477. The fourth-order valence-corrected chi connectivity index (χ4v) is 1.49. The van der Waals surface area contributed by atoms with Gasteiger partial charge >= 0.3 is 0 Å². The van der Waals surface area contributed by atoms with Crippen LogP contribution in [0.25, 0.3) is 0 Å². The van der Waals surface area contributed by atoms with E-state index >= 15 is 0 Å². The van der Waals surface area contributed by atoms with E-state index in [-0.39, 0.29) is 11.6 Å². The molecule has 0 spiro atoms. The van der Waals surface area contributed by atoms with Crippen molar-refractivity contribution in [2.24, 2.45) is 4.99 Å². The first-order valence-corrected chi connectivity index (χ1v) is 5.32. The standard InChI is InChI=1S/C13H9ClFNO/c14-10-5-6-13(17)12(7-10)16-8-9-3-1-2-4-11(9)15/h1-8,17H. The molecule has 0 aliphatic carbocycles. The van der Waals surface area contributed by atoms with Gasteiger partial charge in [0.25, 0.3) is 0 Å². The van der Waals surface area contributed by atoms with E-state index in [0.717, 1.165) is 0 Å². The van der Waals surface area contributed by atoms with Gasteiger partial charge in [0.1, 0.15) is 17.3 Å². The Bertz CT molecular complexity index is 569. The van der Waals surface area contributed by atoms with Crippen LogP contribution in [0, 0.1) is 5.82 Å². The third-order valence-electron chi connectivity index (χ3n) is 2.19. The van der Waals surface area contributed by atoms with Gasteiger partial charge in [0.15, 0.2) is 0 Å². The summed E-state index contributed by atoms with van der Waals surface area (Å²) in [5.74, 6) is -0.361. The molecule has 0 heterocycles. The number of hydrogen-bond donors (Lipinski definition) is 1. The van der Waals surface area contributed by atoms with Crippen LogP contribution >= 0.6 is 11.6 Å². The molecule has 1 N–H and O–H groups in total. The molecule has 2 nitrogen and oxygen atoms in total. The summed E-state index contributed by atoms with van der Waals surface area (Å²) in [6.45, 7) is 0. The van der Waals surface area contributed by atoms with E-state index in [4.69, 9.17) is 11.6 Å². The molecule has 0 saturated heterocycles. The van der Waals surface area contributed by atoms with Gasteiger partial charge in [0, 0.05) is 16.8 Å². The number of nitrogens with zero attached hydrogens (tertiary/aromatic N) is 1. The Morgan fingerprint density at radius 2 is 1.94 bits per heavy atom. The second-order valence-corrected chi connectivity index (χ2v) is 3.85. The summed E-state index contributed by atoms with van der Waals surface area (Å²) in [5.41, 5.74) is 0.660. The predicted molar refractivity (Wildman–Crippen MR) is 66.8 cm³/mol. The summed E-state index contributed by atoms with van der Waals surface area (Å²) in [7, 11) is 0. The molecule has 86 valence electrons. The molecule has 0 aromatic heterocycles. The zero-order valence-corrected chi connectivity index (χ0v) is 9.53. The summed E-state index contributed by atoms with van der Waals surface area (Å²) >= 11 is 5.77. The van der Waals surface area contributed by atoms with E-state index in [9.17, 15) is 9.50 Å². The minimum atomic E-state index is -0.363. The zero-order valence-electron chi connectivity index (χ0n) is 8.77. The molecule has 4 heteroatoms. The lowest BCUT2D eigenvalue weighted by atomic mass is 10.2. The van der Waals surface area contributed by atoms with Gasteiger partial charge in [-0.15, -0.1) is 0 Å². The first-order valence-electron chi connectivity index (χ1n) is 4.94. The summed E-state index contributed by atoms with van der Waals surface area (Å²) < 4.78 is 13.3. The Hall–Kier alpha value is -1.87. The highest BCUT2D eigenvalue weighted by Gasteiger charge is 2.00. The monoisotopic (exact) mass is 249 g/mol. The van der Waals surface area contributed by atoms with Gasteiger partial charge in [-0.2, -0.15) is 0 Å². The van der Waals surface area contributed by atoms with Gasteiger partial charge in [0.05, 0.1) is 0 Å². The molecule has 0 fully saturated rings. The van der Waals surface area contributed by atoms with Crippen molar-refractivity contribution in [1.82, 2.24) is 0 Å². The maximum Gasteiger partial charge on any atom is 0.141 e. The average molecular weight is 250 g/mol. The maximum absolute atomic E-state index is 13.3. The van der Waals surface area contributed by atoms with Crippen LogP contribution in [0.5, 0.6) is 5.75 Å². The van der Waals surface area contributed by atoms with Crippen molar-refractivity contribution >= 4 is 23.5 Å². The maximum atomic E-state index is 13.3. The number of phenols is 1. The molecule has 2 rings (SSSR count). The number of benzene rings is 2. The van der Waals surface area contributed by atoms with Crippen LogP contribution in [-0.4, -0.2) is 11.3 Å². The van der Waals surface area contributed by atoms with Crippen LogP contribution in [0.3, 0.4) is 0 Å². The van der Waals surface area contributed by atoms with Crippen molar-refractivity contribution < 1.29 is 9.50 Å². The van der Waals surface area contributed by atoms with Gasteiger partial charge in [-0.05, 0) is 24.3 Å². The summed E-state index contributed by atoms with van der Waals surface area (Å²) in [4.78, 5) is 4.00. The van der Waals surface area contributed by atoms with E-state index < -0.39 is 0 Å². The molecule has 2 aromatic rings. The highest BCUT2D eigenvalue weighted by Crippen LogP contribution is 2.29. The van der Waals surface area contributed by atoms with Crippen molar-refractivity contribution in [2.75, 3.05) is 0 Å². The Morgan fingerprint density at radius 3 is 2.71 bits per heavy atom. The van der Waals surface area contributed by atoms with Crippen LogP contribution in [0.15, 0.2) is 47.5 Å². The smallest absolute Gasteiger partial charge is 0.141 e. The molecule has 0 saturated carbocycles. The van der Waals surface area contributed by atoms with E-state index in [2.05, 4.69) is 4.99 Å². The third-order valence-corrected chi connectivity index (χ3v) is 2.42. The van der Waals surface area contributed by atoms with E-state index in [1.165, 1.54) is 24.4 Å². The normalized spacial score (nSPS) is 10.9. The second kappa shape index (κ2) is 4.97. The third kappa shape index (κ3) is 2.82. The fraction of sp³-hybridized carbons (Fsp3) is 0. The first-order chi connectivity index (χ1) is 8.16. The molecule has 0 bridgehead atoms. The minimum absolute atomic E-state index is 0.00184. The van der Waals surface area contributed by atoms with Crippen LogP contribution in [0.4, 0.5) is 10.1 Å². The zero-order chi connectivity index (χ0) is 12.3. The highest BCUT2D eigenvalue weighted by atomic mass is 35.5. The van der Waals surface area contributed by atoms with Gasteiger partial charge in [-0.3, -0.25) is 4.99 Å². The van der Waals surface area contributed by atoms with E-state index in [1.54, 1.807) is 24.3 Å². The van der Waals surface area contributed by atoms with Gasteiger partial charge < -0.3 is 5.11 Å².